The van der Waals surface area contributed by atoms with Crippen molar-refractivity contribution >= 4 is 5.97 Å². The summed E-state index contributed by atoms with van der Waals surface area (Å²) in [5.41, 5.74) is 0. The summed E-state index contributed by atoms with van der Waals surface area (Å²) < 4.78 is 5.39. The van der Waals surface area contributed by atoms with Gasteiger partial charge >= 0.3 is 5.97 Å². The Bertz CT molecular complexity index is 310. The number of aliphatic hydroxyl groups is 1. The van der Waals surface area contributed by atoms with Gasteiger partial charge in [0, 0.05) is 19.1 Å². The molecule has 27 heavy (non-hydrogen) atoms. The quantitative estimate of drug-likeness (QED) is 0.195. The molecule has 0 aliphatic rings. The zero-order valence-electron chi connectivity index (χ0n) is 18.3. The monoisotopic (exact) mass is 385 g/mol. The largest absolute Gasteiger partial charge is 0.466 e. The number of esters is 1. The van der Waals surface area contributed by atoms with E-state index in [1.165, 1.54) is 70.6 Å². The van der Waals surface area contributed by atoms with Gasteiger partial charge in [-0.3, -0.25) is 4.79 Å². The molecule has 0 bridgehead atoms. The van der Waals surface area contributed by atoms with Crippen LogP contribution in [-0.4, -0.2) is 36.9 Å². The topological polar surface area (TPSA) is 58.6 Å². The number of nitrogens with one attached hydrogen (secondary N) is 1. The molecule has 2 N–H and O–H groups in total. The standard InChI is InChI=1S/C23H47NO3/c1-3-5-7-8-9-10-11-12-13-14-21-27-23(26)18-17-22(16-6-4-2)24-19-15-20-25/h22,24-25H,3-21H2,1-2H3. The van der Waals surface area contributed by atoms with Crippen LogP contribution in [0.25, 0.3) is 0 Å². The van der Waals surface area contributed by atoms with Crippen LogP contribution < -0.4 is 5.32 Å². The number of aliphatic hydroxyl groups excluding tert-OH is 1. The van der Waals surface area contributed by atoms with Crippen LogP contribution in [0.15, 0.2) is 0 Å². The molecule has 4 heteroatoms. The van der Waals surface area contributed by atoms with E-state index in [9.17, 15) is 4.79 Å². The van der Waals surface area contributed by atoms with Crippen LogP contribution in [0.5, 0.6) is 0 Å². The maximum atomic E-state index is 11.9. The lowest BCUT2D eigenvalue weighted by Gasteiger charge is -2.18. The minimum Gasteiger partial charge on any atom is -0.466 e. The summed E-state index contributed by atoms with van der Waals surface area (Å²) in [5.74, 6) is -0.0589. The third-order valence-corrected chi connectivity index (χ3v) is 5.13. The van der Waals surface area contributed by atoms with Gasteiger partial charge in [-0.2, -0.15) is 0 Å². The lowest BCUT2D eigenvalue weighted by atomic mass is 10.0. The van der Waals surface area contributed by atoms with Crippen LogP contribution in [0, 0.1) is 0 Å². The Kier molecular flexibility index (Phi) is 21.2. The fourth-order valence-electron chi connectivity index (χ4n) is 3.32. The summed E-state index contributed by atoms with van der Waals surface area (Å²) in [6, 6.07) is 0.362. The normalized spacial score (nSPS) is 12.3. The first-order valence-electron chi connectivity index (χ1n) is 11.7. The van der Waals surface area contributed by atoms with Crippen molar-refractivity contribution in [2.45, 2.75) is 123 Å². The van der Waals surface area contributed by atoms with Gasteiger partial charge in [0.25, 0.3) is 0 Å². The highest BCUT2D eigenvalue weighted by molar-refractivity contribution is 5.69. The minimum absolute atomic E-state index is 0.0589. The van der Waals surface area contributed by atoms with Crippen molar-refractivity contribution in [3.05, 3.63) is 0 Å². The summed E-state index contributed by atoms with van der Waals surface area (Å²) in [6.45, 7) is 6.05. The molecule has 0 aliphatic carbocycles. The van der Waals surface area contributed by atoms with Crippen molar-refractivity contribution in [2.75, 3.05) is 19.8 Å². The Morgan fingerprint density at radius 1 is 0.815 bits per heavy atom. The van der Waals surface area contributed by atoms with Crippen molar-refractivity contribution in [2.24, 2.45) is 0 Å². The summed E-state index contributed by atoms with van der Waals surface area (Å²) in [7, 11) is 0. The smallest absolute Gasteiger partial charge is 0.305 e. The van der Waals surface area contributed by atoms with Crippen molar-refractivity contribution in [1.29, 1.82) is 0 Å². The summed E-state index contributed by atoms with van der Waals surface area (Å²) in [6.07, 6.45) is 18.5. The molecule has 0 radical (unpaired) electrons. The number of carbonyl (C=O) groups excluding carboxylic acids is 1. The maximum Gasteiger partial charge on any atom is 0.305 e. The van der Waals surface area contributed by atoms with Crippen molar-refractivity contribution in [3.63, 3.8) is 0 Å². The molecule has 0 aromatic rings. The third-order valence-electron chi connectivity index (χ3n) is 5.13. The van der Waals surface area contributed by atoms with Crippen LogP contribution >= 0.6 is 0 Å². The van der Waals surface area contributed by atoms with Crippen molar-refractivity contribution in [3.8, 4) is 0 Å². The van der Waals surface area contributed by atoms with Gasteiger partial charge in [-0.15, -0.1) is 0 Å². The molecular formula is C23H47NO3. The Morgan fingerprint density at radius 2 is 1.41 bits per heavy atom. The van der Waals surface area contributed by atoms with Crippen LogP contribution in [0.2, 0.25) is 0 Å². The van der Waals surface area contributed by atoms with E-state index in [1.54, 1.807) is 0 Å². The summed E-state index contributed by atoms with van der Waals surface area (Å²) >= 11 is 0. The highest BCUT2D eigenvalue weighted by atomic mass is 16.5. The molecule has 162 valence electrons. The first kappa shape index (κ1) is 26.4. The number of ether oxygens (including phenoxy) is 1. The van der Waals surface area contributed by atoms with Crippen molar-refractivity contribution < 1.29 is 14.6 Å². The summed E-state index contributed by atoms with van der Waals surface area (Å²) in [4.78, 5) is 11.9. The lowest BCUT2D eigenvalue weighted by Crippen LogP contribution is -2.31. The minimum atomic E-state index is -0.0589. The Hall–Kier alpha value is -0.610. The fraction of sp³-hybridized carbons (Fsp3) is 0.957. The summed E-state index contributed by atoms with van der Waals surface area (Å²) in [5, 5.41) is 12.3. The van der Waals surface area contributed by atoms with E-state index in [2.05, 4.69) is 19.2 Å². The highest BCUT2D eigenvalue weighted by Gasteiger charge is 2.11. The fourth-order valence-corrected chi connectivity index (χ4v) is 3.32. The molecule has 0 rings (SSSR count). The molecule has 0 spiro atoms. The molecule has 0 aromatic carbocycles. The third kappa shape index (κ3) is 19.9. The van der Waals surface area contributed by atoms with Gasteiger partial charge in [-0.25, -0.2) is 0 Å². The van der Waals surface area contributed by atoms with Crippen LogP contribution in [0.4, 0.5) is 0 Å². The zero-order valence-corrected chi connectivity index (χ0v) is 18.3. The molecule has 1 unspecified atom stereocenters. The van der Waals surface area contributed by atoms with E-state index in [0.29, 0.717) is 19.1 Å². The number of hydrogen-bond acceptors (Lipinski definition) is 4. The Balaban J connectivity index is 3.54. The molecule has 0 saturated carbocycles. The molecule has 0 amide bonds. The van der Waals surface area contributed by atoms with Gasteiger partial charge in [0.2, 0.25) is 0 Å². The Labute approximate surface area is 168 Å². The second-order valence-corrected chi connectivity index (χ2v) is 7.81. The first-order chi connectivity index (χ1) is 13.2. The number of rotatable bonds is 21. The van der Waals surface area contributed by atoms with Crippen LogP contribution in [0.3, 0.4) is 0 Å². The highest BCUT2D eigenvalue weighted by Crippen LogP contribution is 2.11. The van der Waals surface area contributed by atoms with E-state index >= 15 is 0 Å². The lowest BCUT2D eigenvalue weighted by molar-refractivity contribution is -0.144. The van der Waals surface area contributed by atoms with Gasteiger partial charge in [-0.1, -0.05) is 84.5 Å². The predicted molar refractivity (Wildman–Crippen MR) is 115 cm³/mol. The average molecular weight is 386 g/mol. The van der Waals surface area contributed by atoms with Gasteiger partial charge in [-0.05, 0) is 32.2 Å². The number of hydrogen-bond donors (Lipinski definition) is 2. The molecular weight excluding hydrogens is 338 g/mol. The van der Waals surface area contributed by atoms with Gasteiger partial charge in [0.15, 0.2) is 0 Å². The second-order valence-electron chi connectivity index (χ2n) is 7.81. The van der Waals surface area contributed by atoms with Gasteiger partial charge in [0.05, 0.1) is 6.61 Å². The molecule has 0 fully saturated rings. The Morgan fingerprint density at radius 3 is 2.00 bits per heavy atom. The maximum absolute atomic E-state index is 11.9. The molecule has 0 aromatic heterocycles. The molecule has 0 saturated heterocycles. The molecule has 0 heterocycles. The zero-order chi connectivity index (χ0) is 20.0. The van der Waals surface area contributed by atoms with Crippen molar-refractivity contribution in [1.82, 2.24) is 5.32 Å². The SMILES string of the molecule is CCCCCCCCCCCCOC(=O)CCC(CCCC)NCCCO. The predicted octanol–water partition coefficient (Wildman–Crippen LogP) is 5.76. The molecule has 0 aliphatic heterocycles. The van der Waals surface area contributed by atoms with Gasteiger partial charge < -0.3 is 15.2 Å². The second kappa shape index (κ2) is 21.7. The van der Waals surface area contributed by atoms with E-state index in [0.717, 1.165) is 32.2 Å². The van der Waals surface area contributed by atoms with Crippen LogP contribution in [0.1, 0.15) is 117 Å². The van der Waals surface area contributed by atoms with Crippen LogP contribution in [-0.2, 0) is 9.53 Å². The number of carbonyl (C=O) groups is 1. The molecule has 4 nitrogen and oxygen atoms in total. The van der Waals surface area contributed by atoms with E-state index in [-0.39, 0.29) is 12.6 Å². The van der Waals surface area contributed by atoms with Gasteiger partial charge in [0.1, 0.15) is 0 Å². The number of unbranched alkanes of at least 4 members (excludes halogenated alkanes) is 10. The molecule has 1 atom stereocenters. The van der Waals surface area contributed by atoms with E-state index in [4.69, 9.17) is 9.84 Å². The van der Waals surface area contributed by atoms with E-state index in [1.807, 2.05) is 0 Å². The average Bonchev–Trinajstić information content (AvgIpc) is 2.67. The van der Waals surface area contributed by atoms with E-state index < -0.39 is 0 Å². The first-order valence-corrected chi connectivity index (χ1v) is 11.7.